The molecular weight excluding hydrogens is 506 g/mol. The van der Waals surface area contributed by atoms with Crippen LogP contribution in [0.1, 0.15) is 5.56 Å². The minimum absolute atomic E-state index is 1.17. The van der Waals surface area contributed by atoms with Gasteiger partial charge in [0.2, 0.25) is 0 Å². The summed E-state index contributed by atoms with van der Waals surface area (Å²) in [5, 5.41) is 5.05. The monoisotopic (exact) mass is 535 g/mol. The zero-order valence-corrected chi connectivity index (χ0v) is 23.5. The first-order valence-corrected chi connectivity index (χ1v) is 14.5. The summed E-state index contributed by atoms with van der Waals surface area (Å²) in [5.41, 5.74) is 12.3. The van der Waals surface area contributed by atoms with Crippen LogP contribution in [0.5, 0.6) is 0 Å². The third-order valence-corrected chi connectivity index (χ3v) is 8.47. The summed E-state index contributed by atoms with van der Waals surface area (Å²) in [6.07, 6.45) is 0. The molecule has 0 aliphatic carbocycles. The molecule has 0 saturated carbocycles. The SMILES string of the molecule is Cc1ccc(-c2ccc(-c3ccc4c(c3)c3cc(-c5ccc6ccccc6c5)ccc3n4-c3ccccc3)cc2)cc1. The highest BCUT2D eigenvalue weighted by Gasteiger charge is 2.15. The van der Waals surface area contributed by atoms with Crippen LogP contribution in [0.3, 0.4) is 0 Å². The lowest BCUT2D eigenvalue weighted by atomic mass is 9.97. The van der Waals surface area contributed by atoms with Crippen molar-refractivity contribution in [2.24, 2.45) is 0 Å². The molecule has 1 nitrogen and oxygen atoms in total. The molecule has 0 aliphatic rings. The van der Waals surface area contributed by atoms with Crippen LogP contribution >= 0.6 is 0 Å². The fourth-order valence-corrected chi connectivity index (χ4v) is 6.21. The second-order valence-electron chi connectivity index (χ2n) is 11.1. The summed E-state index contributed by atoms with van der Waals surface area (Å²) >= 11 is 0. The number of rotatable bonds is 4. The summed E-state index contributed by atoms with van der Waals surface area (Å²) in [6.45, 7) is 2.13. The Balaban J connectivity index is 1.29. The maximum absolute atomic E-state index is 2.39. The van der Waals surface area contributed by atoms with Crippen molar-refractivity contribution in [2.75, 3.05) is 0 Å². The van der Waals surface area contributed by atoms with E-state index in [9.17, 15) is 0 Å². The highest BCUT2D eigenvalue weighted by Crippen LogP contribution is 2.38. The van der Waals surface area contributed by atoms with Gasteiger partial charge in [-0.3, -0.25) is 0 Å². The van der Waals surface area contributed by atoms with Crippen LogP contribution in [0, 0.1) is 6.92 Å². The molecule has 1 heteroatoms. The number of hydrogen-bond donors (Lipinski definition) is 0. The van der Waals surface area contributed by atoms with E-state index in [-0.39, 0.29) is 0 Å². The molecule has 0 aliphatic heterocycles. The van der Waals surface area contributed by atoms with Crippen molar-refractivity contribution in [3.63, 3.8) is 0 Å². The molecule has 1 heterocycles. The Bertz CT molecular complexity index is 2220. The van der Waals surface area contributed by atoms with Gasteiger partial charge in [-0.1, -0.05) is 121 Å². The van der Waals surface area contributed by atoms with Crippen LogP contribution in [0.25, 0.3) is 71.6 Å². The van der Waals surface area contributed by atoms with Crippen molar-refractivity contribution in [1.29, 1.82) is 0 Å². The van der Waals surface area contributed by atoms with Crippen molar-refractivity contribution in [3.8, 4) is 39.1 Å². The van der Waals surface area contributed by atoms with Crippen molar-refractivity contribution < 1.29 is 0 Å². The smallest absolute Gasteiger partial charge is 0.0541 e. The van der Waals surface area contributed by atoms with E-state index in [1.54, 1.807) is 0 Å². The molecule has 7 aromatic carbocycles. The van der Waals surface area contributed by atoms with Gasteiger partial charge in [-0.05, 0) is 93.5 Å². The molecule has 0 fully saturated rings. The fraction of sp³-hybridized carbons (Fsp3) is 0.0244. The molecule has 8 rings (SSSR count). The molecule has 198 valence electrons. The Hall–Kier alpha value is -5.40. The van der Waals surface area contributed by atoms with Gasteiger partial charge in [-0.15, -0.1) is 0 Å². The molecular formula is C41H29N. The maximum atomic E-state index is 2.39. The fourth-order valence-electron chi connectivity index (χ4n) is 6.21. The van der Waals surface area contributed by atoms with Crippen molar-refractivity contribution >= 4 is 32.6 Å². The quantitative estimate of drug-likeness (QED) is 0.211. The average Bonchev–Trinajstić information content (AvgIpc) is 3.38. The molecule has 0 N–H and O–H groups in total. The number of nitrogens with zero attached hydrogens (tertiary/aromatic N) is 1. The van der Waals surface area contributed by atoms with Crippen LogP contribution < -0.4 is 0 Å². The third kappa shape index (κ3) is 4.19. The number of para-hydroxylation sites is 1. The van der Waals surface area contributed by atoms with Gasteiger partial charge in [0.05, 0.1) is 11.0 Å². The van der Waals surface area contributed by atoms with Gasteiger partial charge in [-0.25, -0.2) is 0 Å². The first kappa shape index (κ1) is 24.4. The normalized spacial score (nSPS) is 11.5. The van der Waals surface area contributed by atoms with Crippen molar-refractivity contribution in [2.45, 2.75) is 6.92 Å². The number of hydrogen-bond acceptors (Lipinski definition) is 0. The van der Waals surface area contributed by atoms with E-state index in [1.165, 1.54) is 77.2 Å². The maximum Gasteiger partial charge on any atom is 0.0541 e. The molecule has 0 atom stereocenters. The van der Waals surface area contributed by atoms with Gasteiger partial charge in [0.15, 0.2) is 0 Å². The highest BCUT2D eigenvalue weighted by atomic mass is 15.0. The van der Waals surface area contributed by atoms with E-state index in [4.69, 9.17) is 0 Å². The Labute approximate surface area is 245 Å². The van der Waals surface area contributed by atoms with Crippen LogP contribution in [0.4, 0.5) is 0 Å². The Morgan fingerprint density at radius 1 is 0.357 bits per heavy atom. The molecule has 0 saturated heterocycles. The number of aromatic nitrogens is 1. The Kier molecular flexibility index (Phi) is 5.75. The standard InChI is InChI=1S/C41H29N/c1-28-11-13-30(14-12-28)31-15-17-32(18-16-31)35-21-23-40-38(26-35)39-27-36(34-20-19-29-7-5-6-8-33(29)25-34)22-24-41(39)42(40)37-9-3-2-4-10-37/h2-27H,1H3. The van der Waals surface area contributed by atoms with Gasteiger partial charge in [0, 0.05) is 16.5 Å². The molecule has 0 bridgehead atoms. The van der Waals surface area contributed by atoms with Gasteiger partial charge in [0.1, 0.15) is 0 Å². The van der Waals surface area contributed by atoms with Crippen molar-refractivity contribution in [1.82, 2.24) is 4.57 Å². The second-order valence-corrected chi connectivity index (χ2v) is 11.1. The molecule has 1 aromatic heterocycles. The van der Waals surface area contributed by atoms with E-state index in [1.807, 2.05) is 0 Å². The molecule has 42 heavy (non-hydrogen) atoms. The van der Waals surface area contributed by atoms with Crippen LogP contribution in [-0.4, -0.2) is 4.57 Å². The lowest BCUT2D eigenvalue weighted by Crippen LogP contribution is -1.93. The van der Waals surface area contributed by atoms with E-state index in [0.717, 1.165) is 0 Å². The second kappa shape index (κ2) is 9.90. The lowest BCUT2D eigenvalue weighted by Gasteiger charge is -2.09. The topological polar surface area (TPSA) is 4.93 Å². The van der Waals surface area contributed by atoms with E-state index >= 15 is 0 Å². The third-order valence-electron chi connectivity index (χ3n) is 8.47. The molecule has 0 radical (unpaired) electrons. The summed E-state index contributed by atoms with van der Waals surface area (Å²) in [7, 11) is 0. The van der Waals surface area contributed by atoms with E-state index in [0.29, 0.717) is 0 Å². The highest BCUT2D eigenvalue weighted by molar-refractivity contribution is 6.11. The Morgan fingerprint density at radius 2 is 0.810 bits per heavy atom. The summed E-state index contributed by atoms with van der Waals surface area (Å²) in [4.78, 5) is 0. The number of aryl methyl sites for hydroxylation is 1. The van der Waals surface area contributed by atoms with Gasteiger partial charge < -0.3 is 4.57 Å². The summed E-state index contributed by atoms with van der Waals surface area (Å²) < 4.78 is 2.39. The molecule has 0 amide bonds. The molecule has 8 aromatic rings. The van der Waals surface area contributed by atoms with E-state index in [2.05, 4.69) is 169 Å². The predicted octanol–water partition coefficient (Wildman–Crippen LogP) is 11.2. The van der Waals surface area contributed by atoms with Gasteiger partial charge in [0.25, 0.3) is 0 Å². The van der Waals surface area contributed by atoms with Crippen LogP contribution in [-0.2, 0) is 0 Å². The van der Waals surface area contributed by atoms with Gasteiger partial charge in [-0.2, -0.15) is 0 Å². The minimum atomic E-state index is 1.17. The zero-order valence-electron chi connectivity index (χ0n) is 23.5. The van der Waals surface area contributed by atoms with Crippen LogP contribution in [0.2, 0.25) is 0 Å². The minimum Gasteiger partial charge on any atom is -0.309 e. The number of fused-ring (bicyclic) bond motifs is 4. The largest absolute Gasteiger partial charge is 0.309 e. The van der Waals surface area contributed by atoms with Gasteiger partial charge >= 0.3 is 0 Å². The summed E-state index contributed by atoms with van der Waals surface area (Å²) in [6, 6.07) is 57.5. The first-order valence-electron chi connectivity index (χ1n) is 14.5. The predicted molar refractivity (Wildman–Crippen MR) is 179 cm³/mol. The number of benzene rings is 7. The average molecular weight is 536 g/mol. The van der Waals surface area contributed by atoms with Crippen molar-refractivity contribution in [3.05, 3.63) is 163 Å². The van der Waals surface area contributed by atoms with E-state index < -0.39 is 0 Å². The first-order chi connectivity index (χ1) is 20.7. The molecule has 0 unspecified atom stereocenters. The lowest BCUT2D eigenvalue weighted by molar-refractivity contribution is 1.18. The zero-order chi connectivity index (χ0) is 28.0. The molecule has 0 spiro atoms. The summed E-state index contributed by atoms with van der Waals surface area (Å²) in [5.74, 6) is 0. The Morgan fingerprint density at radius 3 is 1.45 bits per heavy atom. The van der Waals surface area contributed by atoms with Crippen LogP contribution in [0.15, 0.2) is 158 Å².